The molecule has 0 aliphatic rings. The quantitative estimate of drug-likeness (QED) is 0.775. The topological polar surface area (TPSA) is 91.0 Å². The fourth-order valence-electron chi connectivity index (χ4n) is 1.54. The molecule has 0 aromatic carbocycles. The number of aliphatic carboxylic acids is 2. The standard InChI is InChI=1S/C11H15NO5/c1-7-3-4-9(17-7)8(2)12(5-10(13)14)6-11(15)16/h3-4,8H,5-6H2,1-2H3,(H,13,14)(H,15,16). The first-order valence-electron chi connectivity index (χ1n) is 5.14. The molecule has 0 fully saturated rings. The van der Waals surface area contributed by atoms with Crippen molar-refractivity contribution in [3.8, 4) is 0 Å². The van der Waals surface area contributed by atoms with E-state index in [2.05, 4.69) is 0 Å². The summed E-state index contributed by atoms with van der Waals surface area (Å²) in [7, 11) is 0. The molecule has 0 amide bonds. The van der Waals surface area contributed by atoms with Gasteiger partial charge in [-0.3, -0.25) is 14.5 Å². The summed E-state index contributed by atoms with van der Waals surface area (Å²) in [5, 5.41) is 17.5. The van der Waals surface area contributed by atoms with Gasteiger partial charge in [0.1, 0.15) is 11.5 Å². The molecule has 0 saturated carbocycles. The smallest absolute Gasteiger partial charge is 0.317 e. The zero-order valence-corrected chi connectivity index (χ0v) is 9.71. The molecule has 94 valence electrons. The number of carboxylic acids is 2. The van der Waals surface area contributed by atoms with Gasteiger partial charge >= 0.3 is 11.9 Å². The van der Waals surface area contributed by atoms with E-state index in [0.717, 1.165) is 0 Å². The summed E-state index contributed by atoms with van der Waals surface area (Å²) in [6, 6.07) is 3.08. The number of furan rings is 1. The summed E-state index contributed by atoms with van der Waals surface area (Å²) in [6.45, 7) is 2.81. The van der Waals surface area contributed by atoms with Crippen LogP contribution in [-0.2, 0) is 9.59 Å². The Morgan fingerprint density at radius 1 is 1.29 bits per heavy atom. The van der Waals surface area contributed by atoms with Gasteiger partial charge in [-0.1, -0.05) is 0 Å². The molecule has 6 heteroatoms. The molecular formula is C11H15NO5. The lowest BCUT2D eigenvalue weighted by molar-refractivity contribution is -0.142. The minimum atomic E-state index is -1.07. The number of hydrogen-bond acceptors (Lipinski definition) is 4. The lowest BCUT2D eigenvalue weighted by Crippen LogP contribution is -2.36. The Bertz CT molecular complexity index is 396. The van der Waals surface area contributed by atoms with Crippen LogP contribution < -0.4 is 0 Å². The first-order chi connectivity index (χ1) is 7.90. The van der Waals surface area contributed by atoms with Gasteiger partial charge in [0.05, 0.1) is 19.1 Å². The van der Waals surface area contributed by atoms with Crippen molar-refractivity contribution in [2.75, 3.05) is 13.1 Å². The zero-order chi connectivity index (χ0) is 13.0. The van der Waals surface area contributed by atoms with Crippen LogP contribution in [0.15, 0.2) is 16.5 Å². The van der Waals surface area contributed by atoms with Crippen LogP contribution in [0.5, 0.6) is 0 Å². The van der Waals surface area contributed by atoms with Gasteiger partial charge in [0.2, 0.25) is 0 Å². The fraction of sp³-hybridized carbons (Fsp3) is 0.455. The molecule has 1 unspecified atom stereocenters. The van der Waals surface area contributed by atoms with Crippen LogP contribution in [0.4, 0.5) is 0 Å². The Kier molecular flexibility index (Phi) is 4.28. The van der Waals surface area contributed by atoms with Gasteiger partial charge in [0, 0.05) is 0 Å². The minimum Gasteiger partial charge on any atom is -0.480 e. The minimum absolute atomic E-state index is 0.340. The monoisotopic (exact) mass is 241 g/mol. The van der Waals surface area contributed by atoms with Gasteiger partial charge in [0.25, 0.3) is 0 Å². The normalized spacial score (nSPS) is 12.6. The predicted octanol–water partition coefficient (Wildman–Crippen LogP) is 1.12. The average Bonchev–Trinajstić information content (AvgIpc) is 2.61. The largest absolute Gasteiger partial charge is 0.480 e. The summed E-state index contributed by atoms with van der Waals surface area (Å²) in [4.78, 5) is 22.7. The Morgan fingerprint density at radius 2 is 1.82 bits per heavy atom. The van der Waals surface area contributed by atoms with Gasteiger partial charge < -0.3 is 14.6 Å². The van der Waals surface area contributed by atoms with E-state index in [1.165, 1.54) is 4.90 Å². The van der Waals surface area contributed by atoms with E-state index in [0.29, 0.717) is 11.5 Å². The van der Waals surface area contributed by atoms with Crippen molar-refractivity contribution >= 4 is 11.9 Å². The van der Waals surface area contributed by atoms with E-state index in [-0.39, 0.29) is 13.1 Å². The number of rotatable bonds is 6. The average molecular weight is 241 g/mol. The van der Waals surface area contributed by atoms with Crippen molar-refractivity contribution < 1.29 is 24.2 Å². The maximum Gasteiger partial charge on any atom is 0.317 e. The van der Waals surface area contributed by atoms with Crippen molar-refractivity contribution in [3.63, 3.8) is 0 Å². The van der Waals surface area contributed by atoms with E-state index < -0.39 is 18.0 Å². The van der Waals surface area contributed by atoms with Crippen LogP contribution in [0.2, 0.25) is 0 Å². The Labute approximate surface area is 98.5 Å². The van der Waals surface area contributed by atoms with Crippen molar-refractivity contribution in [3.05, 3.63) is 23.7 Å². The third-order valence-corrected chi connectivity index (χ3v) is 2.40. The molecule has 0 spiro atoms. The van der Waals surface area contributed by atoms with Gasteiger partial charge in [0.15, 0.2) is 0 Å². The van der Waals surface area contributed by atoms with Crippen molar-refractivity contribution in [1.82, 2.24) is 4.90 Å². The molecule has 1 atom stereocenters. The highest BCUT2D eigenvalue weighted by Gasteiger charge is 2.23. The third kappa shape index (κ3) is 3.92. The highest BCUT2D eigenvalue weighted by atomic mass is 16.4. The van der Waals surface area contributed by atoms with E-state index in [4.69, 9.17) is 14.6 Å². The molecule has 1 rings (SSSR count). The Balaban J connectivity index is 2.81. The molecule has 0 aliphatic carbocycles. The number of hydrogen-bond donors (Lipinski definition) is 2. The molecular weight excluding hydrogens is 226 g/mol. The molecule has 1 aromatic rings. The van der Waals surface area contributed by atoms with Crippen molar-refractivity contribution in [2.24, 2.45) is 0 Å². The third-order valence-electron chi connectivity index (χ3n) is 2.40. The summed E-state index contributed by atoms with van der Waals surface area (Å²) in [5.41, 5.74) is 0. The lowest BCUT2D eigenvalue weighted by Gasteiger charge is -2.23. The predicted molar refractivity (Wildman–Crippen MR) is 58.7 cm³/mol. The number of carboxylic acid groups (broad SMARTS) is 2. The molecule has 17 heavy (non-hydrogen) atoms. The molecule has 0 aliphatic heterocycles. The Hall–Kier alpha value is -1.82. The molecule has 0 saturated heterocycles. The number of nitrogens with zero attached hydrogens (tertiary/aromatic N) is 1. The summed E-state index contributed by atoms with van der Waals surface area (Å²) >= 11 is 0. The van der Waals surface area contributed by atoms with E-state index >= 15 is 0 Å². The molecule has 6 nitrogen and oxygen atoms in total. The highest BCUT2D eigenvalue weighted by molar-refractivity contribution is 5.72. The van der Waals surface area contributed by atoms with Crippen molar-refractivity contribution in [2.45, 2.75) is 19.9 Å². The molecule has 1 heterocycles. The van der Waals surface area contributed by atoms with Crippen molar-refractivity contribution in [1.29, 1.82) is 0 Å². The van der Waals surface area contributed by atoms with Gasteiger partial charge in [-0.2, -0.15) is 0 Å². The molecule has 0 bridgehead atoms. The second-order valence-corrected chi connectivity index (χ2v) is 3.82. The highest BCUT2D eigenvalue weighted by Crippen LogP contribution is 2.21. The van der Waals surface area contributed by atoms with Crippen LogP contribution in [-0.4, -0.2) is 40.1 Å². The van der Waals surface area contributed by atoms with Crippen LogP contribution >= 0.6 is 0 Å². The lowest BCUT2D eigenvalue weighted by atomic mass is 10.2. The van der Waals surface area contributed by atoms with E-state index in [1.54, 1.807) is 26.0 Å². The first kappa shape index (κ1) is 13.2. The summed E-state index contributed by atoms with van der Waals surface area (Å²) in [6.07, 6.45) is 0. The van der Waals surface area contributed by atoms with Crippen LogP contribution in [0.3, 0.4) is 0 Å². The summed E-state index contributed by atoms with van der Waals surface area (Å²) < 4.78 is 5.36. The van der Waals surface area contributed by atoms with Crippen LogP contribution in [0, 0.1) is 6.92 Å². The Morgan fingerprint density at radius 3 is 2.18 bits per heavy atom. The molecule has 0 radical (unpaired) electrons. The summed E-state index contributed by atoms with van der Waals surface area (Å²) in [5.74, 6) is -0.870. The van der Waals surface area contributed by atoms with Gasteiger partial charge in [-0.05, 0) is 26.0 Å². The second-order valence-electron chi connectivity index (χ2n) is 3.82. The van der Waals surface area contributed by atoms with E-state index in [1.807, 2.05) is 0 Å². The van der Waals surface area contributed by atoms with Gasteiger partial charge in [-0.25, -0.2) is 0 Å². The second kappa shape index (κ2) is 5.49. The van der Waals surface area contributed by atoms with Gasteiger partial charge in [-0.15, -0.1) is 0 Å². The number of aryl methyl sites for hydroxylation is 1. The maximum atomic E-state index is 10.7. The SMILES string of the molecule is Cc1ccc(C(C)N(CC(=O)O)CC(=O)O)o1. The number of carbonyl (C=O) groups is 2. The fourth-order valence-corrected chi connectivity index (χ4v) is 1.54. The molecule has 2 N–H and O–H groups in total. The van der Waals surface area contributed by atoms with E-state index in [9.17, 15) is 9.59 Å². The zero-order valence-electron chi connectivity index (χ0n) is 9.71. The maximum absolute atomic E-state index is 10.7. The van der Waals surface area contributed by atoms with Crippen LogP contribution in [0.25, 0.3) is 0 Å². The first-order valence-corrected chi connectivity index (χ1v) is 5.14. The molecule has 1 aromatic heterocycles. The van der Waals surface area contributed by atoms with Crippen LogP contribution in [0.1, 0.15) is 24.5 Å².